The van der Waals surface area contributed by atoms with Crippen LogP contribution in [0.5, 0.6) is 5.75 Å². The Balaban J connectivity index is 1.40. The molecule has 9 nitrogen and oxygen atoms in total. The number of imidazole rings is 1. The number of ether oxygens (including phenoxy) is 3. The molecule has 0 unspecified atom stereocenters. The van der Waals surface area contributed by atoms with Gasteiger partial charge in [-0.15, -0.1) is 0 Å². The Kier molecular flexibility index (Phi) is 9.09. The van der Waals surface area contributed by atoms with Gasteiger partial charge in [0.25, 0.3) is 0 Å². The lowest BCUT2D eigenvalue weighted by Gasteiger charge is -2.12. The van der Waals surface area contributed by atoms with Crippen LogP contribution in [0.1, 0.15) is 31.7 Å². The number of halogens is 1. The number of aryl methyl sites for hydroxylation is 1. The smallest absolute Gasteiger partial charge is 0.344 e. The maximum Gasteiger partial charge on any atom is 0.344 e. The van der Waals surface area contributed by atoms with Crippen molar-refractivity contribution in [2.45, 2.75) is 45.9 Å². The fourth-order valence-corrected chi connectivity index (χ4v) is 4.33. The number of hydrogen-bond acceptors (Lipinski definition) is 8. The van der Waals surface area contributed by atoms with Crippen molar-refractivity contribution < 1.29 is 23.4 Å². The zero-order valence-corrected chi connectivity index (χ0v) is 22.0. The van der Waals surface area contributed by atoms with Crippen LogP contribution in [-0.4, -0.2) is 53.5 Å². The van der Waals surface area contributed by atoms with E-state index >= 15 is 0 Å². The number of para-hydroxylation sites is 1. The number of carbonyl (C=O) groups excluding carboxylic acids is 1. The van der Waals surface area contributed by atoms with Gasteiger partial charge in [0.1, 0.15) is 11.3 Å². The molecule has 0 bridgehead atoms. The van der Waals surface area contributed by atoms with E-state index in [1.807, 2.05) is 24.3 Å². The van der Waals surface area contributed by atoms with Crippen molar-refractivity contribution in [1.29, 1.82) is 0 Å². The van der Waals surface area contributed by atoms with E-state index < -0.39 is 11.8 Å². The zero-order chi connectivity index (χ0) is 27.1. The van der Waals surface area contributed by atoms with Crippen LogP contribution in [0.2, 0.25) is 0 Å². The van der Waals surface area contributed by atoms with Crippen molar-refractivity contribution >= 4 is 33.7 Å². The predicted molar refractivity (Wildman–Crippen MR) is 144 cm³/mol. The van der Waals surface area contributed by atoms with Gasteiger partial charge in [-0.25, -0.2) is 19.2 Å². The Morgan fingerprint density at radius 3 is 2.79 bits per heavy atom. The molecule has 2 heterocycles. The molecule has 0 fully saturated rings. The zero-order valence-electron chi connectivity index (χ0n) is 22.0. The minimum atomic E-state index is -0.537. The maximum absolute atomic E-state index is 14.1. The number of fused-ring (bicyclic) bond motifs is 3. The number of nitrogens with two attached hydrogens (primary N) is 1. The number of benzene rings is 2. The monoisotopic (exact) mass is 523 g/mol. The van der Waals surface area contributed by atoms with Gasteiger partial charge in [-0.05, 0) is 50.6 Å². The number of nitrogens with zero attached hydrogens (tertiary/aromatic N) is 3. The van der Waals surface area contributed by atoms with Crippen LogP contribution in [0.4, 0.5) is 10.2 Å². The minimum absolute atomic E-state index is 0.0238. The van der Waals surface area contributed by atoms with Crippen LogP contribution in [0, 0.1) is 5.82 Å². The molecule has 3 N–H and O–H groups in total. The summed E-state index contributed by atoms with van der Waals surface area (Å²) < 4.78 is 32.0. The molecule has 0 aliphatic heterocycles. The number of nitrogens with one attached hydrogen (secondary N) is 1. The molecule has 4 aromatic rings. The number of aromatic nitrogens is 3. The molecule has 2 aromatic heterocycles. The molecule has 4 rings (SSSR count). The molecule has 0 aliphatic carbocycles. The van der Waals surface area contributed by atoms with E-state index in [-0.39, 0.29) is 18.5 Å². The first-order valence-corrected chi connectivity index (χ1v) is 12.7. The van der Waals surface area contributed by atoms with Gasteiger partial charge in [-0.2, -0.15) is 0 Å². The van der Waals surface area contributed by atoms with E-state index in [1.54, 1.807) is 33.1 Å². The summed E-state index contributed by atoms with van der Waals surface area (Å²) in [7, 11) is 1.67. The first-order valence-electron chi connectivity index (χ1n) is 12.7. The molecule has 2 aromatic carbocycles. The summed E-state index contributed by atoms with van der Waals surface area (Å²) >= 11 is 0. The summed E-state index contributed by atoms with van der Waals surface area (Å²) in [5.41, 5.74) is 9.63. The van der Waals surface area contributed by atoms with E-state index in [0.717, 1.165) is 47.3 Å². The topological polar surface area (TPSA) is 114 Å². The van der Waals surface area contributed by atoms with E-state index in [0.29, 0.717) is 30.9 Å². The van der Waals surface area contributed by atoms with Gasteiger partial charge < -0.3 is 29.8 Å². The van der Waals surface area contributed by atoms with E-state index in [1.165, 1.54) is 6.07 Å². The highest BCUT2D eigenvalue weighted by Gasteiger charge is 2.17. The molecule has 0 spiro atoms. The van der Waals surface area contributed by atoms with Crippen molar-refractivity contribution in [3.8, 4) is 5.75 Å². The lowest BCUT2D eigenvalue weighted by atomic mass is 10.2. The van der Waals surface area contributed by atoms with Gasteiger partial charge in [0.2, 0.25) is 0 Å². The molecule has 0 saturated carbocycles. The summed E-state index contributed by atoms with van der Waals surface area (Å²) in [6, 6.07) is 12.5. The van der Waals surface area contributed by atoms with Gasteiger partial charge in [0, 0.05) is 32.0 Å². The molecule has 0 saturated heterocycles. The Morgan fingerprint density at radius 2 is 2.00 bits per heavy atom. The van der Waals surface area contributed by atoms with Crippen molar-refractivity contribution in [1.82, 2.24) is 19.9 Å². The second-order valence-electron chi connectivity index (χ2n) is 9.26. The van der Waals surface area contributed by atoms with Gasteiger partial charge in [-0.1, -0.05) is 24.3 Å². The van der Waals surface area contributed by atoms with E-state index in [4.69, 9.17) is 24.9 Å². The molecular formula is C28H34FN5O4. The fourth-order valence-electron chi connectivity index (χ4n) is 4.33. The number of rotatable bonds is 13. The quantitative estimate of drug-likeness (QED) is 0.200. The lowest BCUT2D eigenvalue weighted by molar-refractivity contribution is -0.149. The molecule has 0 aliphatic rings. The number of nitrogen functional groups attached to an aromatic ring is 1. The Hall–Kier alpha value is -3.76. The second-order valence-corrected chi connectivity index (χ2v) is 9.26. The highest BCUT2D eigenvalue weighted by molar-refractivity contribution is 6.06. The predicted octanol–water partition coefficient (Wildman–Crippen LogP) is 4.01. The number of methoxy groups -OCH3 is 1. The first kappa shape index (κ1) is 27.3. The van der Waals surface area contributed by atoms with Crippen molar-refractivity contribution in [2.75, 3.05) is 32.6 Å². The van der Waals surface area contributed by atoms with Gasteiger partial charge in [0.15, 0.2) is 24.0 Å². The van der Waals surface area contributed by atoms with Crippen molar-refractivity contribution in [2.24, 2.45) is 0 Å². The van der Waals surface area contributed by atoms with Crippen LogP contribution < -0.4 is 15.8 Å². The van der Waals surface area contributed by atoms with Crippen LogP contribution in [0.25, 0.3) is 21.9 Å². The largest absolute Gasteiger partial charge is 0.479 e. The van der Waals surface area contributed by atoms with Crippen LogP contribution in [0.15, 0.2) is 42.5 Å². The van der Waals surface area contributed by atoms with Gasteiger partial charge >= 0.3 is 5.97 Å². The summed E-state index contributed by atoms with van der Waals surface area (Å²) in [4.78, 5) is 21.0. The summed E-state index contributed by atoms with van der Waals surface area (Å²) in [5, 5.41) is 4.41. The highest BCUT2D eigenvalue weighted by Crippen LogP contribution is 2.29. The third-order valence-corrected chi connectivity index (χ3v) is 5.99. The van der Waals surface area contributed by atoms with E-state index in [9.17, 15) is 9.18 Å². The average Bonchev–Trinajstić information content (AvgIpc) is 3.26. The van der Waals surface area contributed by atoms with Crippen LogP contribution >= 0.6 is 0 Å². The summed E-state index contributed by atoms with van der Waals surface area (Å²) in [5.74, 6) is 0.285. The minimum Gasteiger partial charge on any atom is -0.479 e. The first-order chi connectivity index (χ1) is 18.4. The Morgan fingerprint density at radius 1 is 1.18 bits per heavy atom. The molecule has 0 atom stereocenters. The van der Waals surface area contributed by atoms with Crippen molar-refractivity contribution in [3.63, 3.8) is 0 Å². The second kappa shape index (κ2) is 12.7. The van der Waals surface area contributed by atoms with Crippen LogP contribution in [-0.2, 0) is 33.8 Å². The fraction of sp³-hybridized carbons (Fsp3) is 0.393. The third-order valence-electron chi connectivity index (χ3n) is 5.99. The molecule has 10 heteroatoms. The standard InChI is InChI=1S/C28H34FN5O4/c1-18(2)38-25(35)17-37-23-15-19(9-10-21(23)29)16-31-12-6-13-34-24(11-14-36-3)33-26-27(34)20-7-4-5-8-22(20)32-28(26)30/h4-5,7-10,15,18,31H,6,11-14,16-17H2,1-3H3,(H2,30,32). The number of anilines is 1. The molecule has 38 heavy (non-hydrogen) atoms. The molecular weight excluding hydrogens is 489 g/mol. The summed E-state index contributed by atoms with van der Waals surface area (Å²) in [6.45, 7) is 5.67. The van der Waals surface area contributed by atoms with Crippen LogP contribution in [0.3, 0.4) is 0 Å². The van der Waals surface area contributed by atoms with Gasteiger partial charge in [-0.3, -0.25) is 0 Å². The Bertz CT molecular complexity index is 1410. The van der Waals surface area contributed by atoms with Crippen molar-refractivity contribution in [3.05, 3.63) is 59.7 Å². The molecule has 0 amide bonds. The SMILES string of the molecule is COCCc1nc2c(N)nc3ccccc3c2n1CCCNCc1ccc(F)c(OCC(=O)OC(C)C)c1. The average molecular weight is 524 g/mol. The normalized spacial score (nSPS) is 11.5. The number of pyridine rings is 1. The highest BCUT2D eigenvalue weighted by atomic mass is 19.1. The van der Waals surface area contributed by atoms with Gasteiger partial charge in [0.05, 0.1) is 23.7 Å². The molecule has 0 radical (unpaired) electrons. The van der Waals surface area contributed by atoms with E-state index in [2.05, 4.69) is 14.9 Å². The Labute approximate surface area is 221 Å². The number of esters is 1. The summed E-state index contributed by atoms with van der Waals surface area (Å²) in [6.07, 6.45) is 1.24. The number of carbonyl (C=O) groups is 1. The number of hydrogen-bond donors (Lipinski definition) is 2. The molecule has 202 valence electrons. The lowest BCUT2D eigenvalue weighted by Crippen LogP contribution is -2.19. The maximum atomic E-state index is 14.1. The third kappa shape index (κ3) is 6.56.